The van der Waals surface area contributed by atoms with Crippen molar-refractivity contribution < 1.29 is 4.74 Å². The van der Waals surface area contributed by atoms with Gasteiger partial charge < -0.3 is 15.0 Å². The number of hydrogen-bond donors (Lipinski definition) is 1. The fourth-order valence-electron chi connectivity index (χ4n) is 2.20. The van der Waals surface area contributed by atoms with Gasteiger partial charge in [0, 0.05) is 31.4 Å². The molecule has 0 atom stereocenters. The van der Waals surface area contributed by atoms with Gasteiger partial charge in [-0.2, -0.15) is 0 Å². The SMILES string of the molecule is c1cc(N2CCOCC2)ccc1CNC1CC1. The van der Waals surface area contributed by atoms with E-state index in [9.17, 15) is 0 Å². The molecular formula is C14H20N2O. The van der Waals surface area contributed by atoms with E-state index in [2.05, 4.69) is 34.5 Å². The molecule has 2 aliphatic rings. The van der Waals surface area contributed by atoms with Gasteiger partial charge in [-0.05, 0) is 30.5 Å². The molecule has 3 heteroatoms. The lowest BCUT2D eigenvalue weighted by Gasteiger charge is -2.28. The number of nitrogens with one attached hydrogen (secondary N) is 1. The first kappa shape index (κ1) is 11.1. The molecule has 1 heterocycles. The summed E-state index contributed by atoms with van der Waals surface area (Å²) in [5.41, 5.74) is 2.71. The highest BCUT2D eigenvalue weighted by atomic mass is 16.5. The van der Waals surface area contributed by atoms with Crippen LogP contribution in [0.4, 0.5) is 5.69 Å². The van der Waals surface area contributed by atoms with Crippen LogP contribution in [0, 0.1) is 0 Å². The maximum absolute atomic E-state index is 5.37. The van der Waals surface area contributed by atoms with Crippen molar-refractivity contribution in [3.05, 3.63) is 29.8 Å². The van der Waals surface area contributed by atoms with Crippen LogP contribution in [0.1, 0.15) is 18.4 Å². The Bertz CT molecular complexity index is 353. The maximum atomic E-state index is 5.37. The zero-order chi connectivity index (χ0) is 11.5. The molecule has 0 aromatic heterocycles. The lowest BCUT2D eigenvalue weighted by atomic mass is 10.2. The fourth-order valence-corrected chi connectivity index (χ4v) is 2.20. The Morgan fingerprint density at radius 3 is 2.47 bits per heavy atom. The number of nitrogens with zero attached hydrogens (tertiary/aromatic N) is 1. The topological polar surface area (TPSA) is 24.5 Å². The summed E-state index contributed by atoms with van der Waals surface area (Å²) in [6.07, 6.45) is 2.71. The summed E-state index contributed by atoms with van der Waals surface area (Å²) in [6.45, 7) is 4.74. The summed E-state index contributed by atoms with van der Waals surface area (Å²) in [4.78, 5) is 2.39. The van der Waals surface area contributed by atoms with Crippen molar-refractivity contribution in [1.29, 1.82) is 0 Å². The molecule has 3 nitrogen and oxygen atoms in total. The molecule has 92 valence electrons. The molecule has 0 amide bonds. The highest BCUT2D eigenvalue weighted by Gasteiger charge is 2.19. The smallest absolute Gasteiger partial charge is 0.0642 e. The standard InChI is InChI=1S/C14H20N2O/c1-5-14(16-7-9-17-10-8-16)6-2-12(1)11-15-13-3-4-13/h1-2,5-6,13,15H,3-4,7-11H2. The second-order valence-electron chi connectivity index (χ2n) is 4.92. The Balaban J connectivity index is 1.58. The minimum Gasteiger partial charge on any atom is -0.378 e. The summed E-state index contributed by atoms with van der Waals surface area (Å²) < 4.78 is 5.37. The molecule has 1 N–H and O–H groups in total. The summed E-state index contributed by atoms with van der Waals surface area (Å²) in [6, 6.07) is 9.72. The van der Waals surface area contributed by atoms with Gasteiger partial charge in [0.15, 0.2) is 0 Å². The Hall–Kier alpha value is -1.06. The van der Waals surface area contributed by atoms with E-state index in [1.807, 2.05) is 0 Å². The minimum absolute atomic E-state index is 0.786. The Kier molecular flexibility index (Phi) is 3.29. The van der Waals surface area contributed by atoms with Crippen LogP contribution in [0.2, 0.25) is 0 Å². The van der Waals surface area contributed by atoms with Gasteiger partial charge in [0.25, 0.3) is 0 Å². The summed E-state index contributed by atoms with van der Waals surface area (Å²) >= 11 is 0. The van der Waals surface area contributed by atoms with Gasteiger partial charge in [0.2, 0.25) is 0 Å². The predicted molar refractivity (Wildman–Crippen MR) is 69.3 cm³/mol. The Labute approximate surface area is 103 Å². The highest BCUT2D eigenvalue weighted by molar-refractivity contribution is 5.47. The number of benzene rings is 1. The second kappa shape index (κ2) is 5.07. The van der Waals surface area contributed by atoms with Crippen LogP contribution in [-0.2, 0) is 11.3 Å². The van der Waals surface area contributed by atoms with E-state index in [1.165, 1.54) is 24.1 Å². The number of morpholine rings is 1. The molecule has 1 saturated carbocycles. The van der Waals surface area contributed by atoms with E-state index in [0.717, 1.165) is 38.9 Å². The zero-order valence-corrected chi connectivity index (χ0v) is 10.2. The van der Waals surface area contributed by atoms with Crippen LogP contribution in [0.3, 0.4) is 0 Å². The van der Waals surface area contributed by atoms with Crippen LogP contribution < -0.4 is 10.2 Å². The van der Waals surface area contributed by atoms with Crippen LogP contribution in [0.25, 0.3) is 0 Å². The van der Waals surface area contributed by atoms with Crippen molar-refractivity contribution in [3.8, 4) is 0 Å². The van der Waals surface area contributed by atoms with Crippen LogP contribution in [-0.4, -0.2) is 32.3 Å². The van der Waals surface area contributed by atoms with E-state index in [0.29, 0.717) is 0 Å². The molecule has 3 rings (SSSR count). The summed E-state index contributed by atoms with van der Waals surface area (Å²) in [7, 11) is 0. The van der Waals surface area contributed by atoms with Crippen molar-refractivity contribution >= 4 is 5.69 Å². The average molecular weight is 232 g/mol. The normalized spacial score (nSPS) is 20.6. The van der Waals surface area contributed by atoms with E-state index in [4.69, 9.17) is 4.74 Å². The van der Waals surface area contributed by atoms with Gasteiger partial charge in [-0.3, -0.25) is 0 Å². The van der Waals surface area contributed by atoms with E-state index >= 15 is 0 Å². The van der Waals surface area contributed by atoms with Crippen molar-refractivity contribution in [1.82, 2.24) is 5.32 Å². The third kappa shape index (κ3) is 2.99. The van der Waals surface area contributed by atoms with Gasteiger partial charge in [-0.25, -0.2) is 0 Å². The lowest BCUT2D eigenvalue weighted by molar-refractivity contribution is 0.122. The molecule has 1 aromatic rings. The van der Waals surface area contributed by atoms with Crippen LogP contribution in [0.5, 0.6) is 0 Å². The number of hydrogen-bond acceptors (Lipinski definition) is 3. The Morgan fingerprint density at radius 1 is 1.12 bits per heavy atom. The van der Waals surface area contributed by atoms with E-state index in [-0.39, 0.29) is 0 Å². The number of anilines is 1. The van der Waals surface area contributed by atoms with Gasteiger partial charge >= 0.3 is 0 Å². The number of rotatable bonds is 4. The first-order valence-electron chi connectivity index (χ1n) is 6.57. The number of ether oxygens (including phenoxy) is 1. The van der Waals surface area contributed by atoms with Crippen molar-refractivity contribution in [3.63, 3.8) is 0 Å². The first-order chi connectivity index (χ1) is 8.42. The van der Waals surface area contributed by atoms with Gasteiger partial charge in [-0.15, -0.1) is 0 Å². The molecule has 1 aliphatic heterocycles. The molecule has 1 aliphatic carbocycles. The molecule has 0 radical (unpaired) electrons. The minimum atomic E-state index is 0.786. The monoisotopic (exact) mass is 232 g/mol. The molecular weight excluding hydrogens is 212 g/mol. The van der Waals surface area contributed by atoms with E-state index < -0.39 is 0 Å². The molecule has 0 spiro atoms. The van der Waals surface area contributed by atoms with Crippen molar-refractivity contribution in [2.75, 3.05) is 31.2 Å². The Morgan fingerprint density at radius 2 is 1.82 bits per heavy atom. The largest absolute Gasteiger partial charge is 0.378 e. The maximum Gasteiger partial charge on any atom is 0.0642 e. The highest BCUT2D eigenvalue weighted by Crippen LogP contribution is 2.20. The fraction of sp³-hybridized carbons (Fsp3) is 0.571. The lowest BCUT2D eigenvalue weighted by Crippen LogP contribution is -2.36. The third-order valence-electron chi connectivity index (χ3n) is 3.48. The van der Waals surface area contributed by atoms with Gasteiger partial charge in [0.1, 0.15) is 0 Å². The second-order valence-corrected chi connectivity index (χ2v) is 4.92. The van der Waals surface area contributed by atoms with Gasteiger partial charge in [0.05, 0.1) is 13.2 Å². The van der Waals surface area contributed by atoms with E-state index in [1.54, 1.807) is 0 Å². The molecule has 0 unspecified atom stereocenters. The third-order valence-corrected chi connectivity index (χ3v) is 3.48. The molecule has 1 saturated heterocycles. The van der Waals surface area contributed by atoms with Crippen LogP contribution in [0.15, 0.2) is 24.3 Å². The van der Waals surface area contributed by atoms with Gasteiger partial charge in [-0.1, -0.05) is 12.1 Å². The van der Waals surface area contributed by atoms with Crippen molar-refractivity contribution in [2.45, 2.75) is 25.4 Å². The average Bonchev–Trinajstić information content (AvgIpc) is 3.22. The quantitative estimate of drug-likeness (QED) is 0.856. The predicted octanol–water partition coefficient (Wildman–Crippen LogP) is 1.78. The molecule has 2 fully saturated rings. The molecule has 17 heavy (non-hydrogen) atoms. The summed E-state index contributed by atoms with van der Waals surface area (Å²) in [5, 5.41) is 3.54. The molecule has 0 bridgehead atoms. The zero-order valence-electron chi connectivity index (χ0n) is 10.2. The molecule has 1 aromatic carbocycles. The van der Waals surface area contributed by atoms with Crippen LogP contribution >= 0.6 is 0 Å². The van der Waals surface area contributed by atoms with Crippen molar-refractivity contribution in [2.24, 2.45) is 0 Å². The summed E-state index contributed by atoms with van der Waals surface area (Å²) in [5.74, 6) is 0. The first-order valence-corrected chi connectivity index (χ1v) is 6.57.